The number of rotatable bonds is 5. The Morgan fingerprint density at radius 3 is 2.41 bits per heavy atom. The van der Waals surface area contributed by atoms with E-state index in [0.717, 1.165) is 25.7 Å². The van der Waals surface area contributed by atoms with Crippen molar-refractivity contribution >= 4 is 27.6 Å². The second-order valence-electron chi connectivity index (χ2n) is 7.64. The fourth-order valence-corrected chi connectivity index (χ4v) is 5.16. The fraction of sp³-hybridized carbons (Fsp3) is 0.500. The molecule has 2 saturated carbocycles. The second kappa shape index (κ2) is 7.21. The largest absolute Gasteiger partial charge is 0.384 e. The van der Waals surface area contributed by atoms with Gasteiger partial charge < -0.3 is 11.1 Å². The number of anilines is 2. The quantitative estimate of drug-likeness (QED) is 0.663. The van der Waals surface area contributed by atoms with Crippen LogP contribution in [0.4, 0.5) is 16.6 Å². The molecule has 4 rings (SSSR count). The van der Waals surface area contributed by atoms with Crippen LogP contribution < -0.4 is 16.4 Å². The molecule has 2 aromatic rings. The summed E-state index contributed by atoms with van der Waals surface area (Å²) >= 11 is 0. The molecule has 0 aromatic carbocycles. The van der Waals surface area contributed by atoms with Crippen LogP contribution in [0.15, 0.2) is 18.5 Å². The second-order valence-corrected chi connectivity index (χ2v) is 9.97. The van der Waals surface area contributed by atoms with Gasteiger partial charge in [0.2, 0.25) is 5.95 Å². The minimum absolute atomic E-state index is 0.152. The summed E-state index contributed by atoms with van der Waals surface area (Å²) in [6, 6.07) is 1.42. The van der Waals surface area contributed by atoms with Crippen molar-refractivity contribution in [1.82, 2.24) is 25.3 Å². The highest BCUT2D eigenvalue weighted by Gasteiger charge is 2.46. The molecule has 0 unspecified atom stereocenters. The van der Waals surface area contributed by atoms with Crippen molar-refractivity contribution in [3.63, 3.8) is 0 Å². The number of nitrogens with zero attached hydrogens (tertiary/aromatic N) is 4. The maximum atomic E-state index is 12.6. The zero-order chi connectivity index (χ0) is 20.6. The van der Waals surface area contributed by atoms with Crippen molar-refractivity contribution in [3.05, 3.63) is 24.2 Å². The molecule has 0 radical (unpaired) electrons. The van der Waals surface area contributed by atoms with E-state index in [9.17, 15) is 13.2 Å². The molecule has 154 valence electrons. The van der Waals surface area contributed by atoms with Gasteiger partial charge in [0.15, 0.2) is 15.7 Å². The monoisotopic (exact) mass is 417 g/mol. The third-order valence-corrected chi connectivity index (χ3v) is 7.42. The van der Waals surface area contributed by atoms with Gasteiger partial charge in [-0.2, -0.15) is 0 Å². The maximum absolute atomic E-state index is 12.6. The van der Waals surface area contributed by atoms with E-state index in [2.05, 4.69) is 30.6 Å². The number of nitrogens with two attached hydrogens (primary N) is 1. The molecule has 2 aliphatic rings. The van der Waals surface area contributed by atoms with Crippen molar-refractivity contribution in [1.29, 1.82) is 0 Å². The molecule has 11 heteroatoms. The van der Waals surface area contributed by atoms with Crippen LogP contribution in [0.5, 0.6) is 0 Å². The summed E-state index contributed by atoms with van der Waals surface area (Å²) in [5.74, 6) is 0.592. The summed E-state index contributed by atoms with van der Waals surface area (Å²) < 4.78 is 24.1. The molecule has 0 spiro atoms. The number of nitrogens with one attached hydrogen (secondary N) is 2. The predicted molar refractivity (Wildman–Crippen MR) is 108 cm³/mol. The van der Waals surface area contributed by atoms with Gasteiger partial charge in [-0.05, 0) is 25.7 Å². The number of nitrogen functional groups attached to an aromatic ring is 1. The van der Waals surface area contributed by atoms with E-state index in [1.165, 1.54) is 24.7 Å². The van der Waals surface area contributed by atoms with E-state index in [1.54, 1.807) is 0 Å². The van der Waals surface area contributed by atoms with Crippen LogP contribution in [-0.2, 0) is 14.6 Å². The SMILES string of the molecule is CS(=O)(=O)C1(c2cc(N)nc(-c3cnc(NC(=O)NC4CC4)nc3)n2)CCCC1. The van der Waals surface area contributed by atoms with E-state index in [4.69, 9.17) is 5.73 Å². The Morgan fingerprint density at radius 1 is 1.17 bits per heavy atom. The van der Waals surface area contributed by atoms with Crippen LogP contribution in [0.1, 0.15) is 44.2 Å². The van der Waals surface area contributed by atoms with Crippen LogP contribution >= 0.6 is 0 Å². The summed E-state index contributed by atoms with van der Waals surface area (Å²) in [7, 11) is -3.39. The smallest absolute Gasteiger partial charge is 0.321 e. The zero-order valence-corrected chi connectivity index (χ0v) is 16.9. The Bertz CT molecular complexity index is 1030. The van der Waals surface area contributed by atoms with Gasteiger partial charge in [-0.25, -0.2) is 33.1 Å². The molecule has 0 atom stereocenters. The van der Waals surface area contributed by atoms with E-state index < -0.39 is 14.6 Å². The minimum atomic E-state index is -3.39. The highest BCUT2D eigenvalue weighted by molar-refractivity contribution is 7.91. The van der Waals surface area contributed by atoms with Gasteiger partial charge in [0.1, 0.15) is 10.6 Å². The number of hydrogen-bond acceptors (Lipinski definition) is 8. The normalized spacial score (nSPS) is 18.4. The lowest BCUT2D eigenvalue weighted by Crippen LogP contribution is -2.33. The number of sulfone groups is 1. The Hall–Kier alpha value is -2.82. The number of carbonyl (C=O) groups is 1. The molecule has 2 heterocycles. The van der Waals surface area contributed by atoms with Gasteiger partial charge in [-0.15, -0.1) is 0 Å². The van der Waals surface area contributed by atoms with Crippen LogP contribution in [0, 0.1) is 0 Å². The molecule has 2 aliphatic carbocycles. The summed E-state index contributed by atoms with van der Waals surface area (Å²) in [5.41, 5.74) is 6.85. The first-order valence-corrected chi connectivity index (χ1v) is 11.4. The lowest BCUT2D eigenvalue weighted by molar-refractivity contribution is 0.251. The fourth-order valence-electron chi connectivity index (χ4n) is 3.65. The topological polar surface area (TPSA) is 153 Å². The number of carbonyl (C=O) groups excluding carboxylic acids is 1. The van der Waals surface area contributed by atoms with E-state index >= 15 is 0 Å². The molecular formula is C18H23N7O3S. The Balaban J connectivity index is 1.61. The summed E-state index contributed by atoms with van der Waals surface area (Å²) in [4.78, 5) is 28.8. The van der Waals surface area contributed by atoms with Crippen molar-refractivity contribution < 1.29 is 13.2 Å². The van der Waals surface area contributed by atoms with Crippen LogP contribution in [0.25, 0.3) is 11.4 Å². The summed E-state index contributed by atoms with van der Waals surface area (Å²) in [6.07, 6.45) is 8.81. The van der Waals surface area contributed by atoms with Crippen LogP contribution in [0.2, 0.25) is 0 Å². The molecular weight excluding hydrogens is 394 g/mol. The Morgan fingerprint density at radius 2 is 1.83 bits per heavy atom. The van der Waals surface area contributed by atoms with Crippen molar-refractivity contribution in [2.45, 2.75) is 49.3 Å². The first kappa shape index (κ1) is 19.5. The predicted octanol–water partition coefficient (Wildman–Crippen LogP) is 1.61. The molecule has 2 amide bonds. The van der Waals surface area contributed by atoms with Crippen molar-refractivity contribution in [2.24, 2.45) is 0 Å². The number of hydrogen-bond donors (Lipinski definition) is 3. The zero-order valence-electron chi connectivity index (χ0n) is 16.1. The van der Waals surface area contributed by atoms with Gasteiger partial charge in [0, 0.05) is 30.8 Å². The van der Waals surface area contributed by atoms with E-state index in [-0.39, 0.29) is 29.7 Å². The number of aromatic nitrogens is 4. The maximum Gasteiger partial charge on any atom is 0.321 e. The third kappa shape index (κ3) is 4.00. The van der Waals surface area contributed by atoms with Gasteiger partial charge in [0.05, 0.1) is 11.3 Å². The average molecular weight is 417 g/mol. The highest BCUT2D eigenvalue weighted by atomic mass is 32.2. The lowest BCUT2D eigenvalue weighted by atomic mass is 10.0. The number of urea groups is 1. The van der Waals surface area contributed by atoms with Crippen molar-refractivity contribution in [3.8, 4) is 11.4 Å². The molecule has 4 N–H and O–H groups in total. The number of amides is 2. The third-order valence-electron chi connectivity index (χ3n) is 5.38. The summed E-state index contributed by atoms with van der Waals surface area (Å²) in [5, 5.41) is 5.35. The van der Waals surface area contributed by atoms with Crippen LogP contribution in [-0.4, -0.2) is 46.7 Å². The molecule has 10 nitrogen and oxygen atoms in total. The molecule has 29 heavy (non-hydrogen) atoms. The van der Waals surface area contributed by atoms with Gasteiger partial charge in [-0.3, -0.25) is 5.32 Å². The molecule has 2 fully saturated rings. The Kier molecular flexibility index (Phi) is 4.85. The minimum Gasteiger partial charge on any atom is -0.384 e. The average Bonchev–Trinajstić information content (AvgIpc) is 3.31. The van der Waals surface area contributed by atoms with Crippen molar-refractivity contribution in [2.75, 3.05) is 17.3 Å². The highest BCUT2D eigenvalue weighted by Crippen LogP contribution is 2.45. The van der Waals surface area contributed by atoms with E-state index in [0.29, 0.717) is 24.1 Å². The Labute approximate surface area is 168 Å². The molecule has 0 bridgehead atoms. The van der Waals surface area contributed by atoms with E-state index in [1.807, 2.05) is 0 Å². The van der Waals surface area contributed by atoms with Gasteiger partial charge in [0.25, 0.3) is 0 Å². The van der Waals surface area contributed by atoms with Gasteiger partial charge >= 0.3 is 6.03 Å². The molecule has 2 aromatic heterocycles. The first-order chi connectivity index (χ1) is 13.8. The standard InChI is InChI=1S/C18H23N7O3S/c1-29(27,28)18(6-2-3-7-18)13-8-14(19)24-15(23-13)11-9-20-16(21-10-11)25-17(26)22-12-4-5-12/h8-10,12H,2-7H2,1H3,(H2,19,23,24)(H2,20,21,22,25,26). The molecule has 0 saturated heterocycles. The summed E-state index contributed by atoms with van der Waals surface area (Å²) in [6.45, 7) is 0. The van der Waals surface area contributed by atoms with Crippen LogP contribution in [0.3, 0.4) is 0 Å². The van der Waals surface area contributed by atoms with Gasteiger partial charge in [-0.1, -0.05) is 12.8 Å². The lowest BCUT2D eigenvalue weighted by Gasteiger charge is -2.26. The molecule has 0 aliphatic heterocycles. The first-order valence-electron chi connectivity index (χ1n) is 9.51.